The van der Waals surface area contributed by atoms with Crippen molar-refractivity contribution in [3.63, 3.8) is 0 Å². The highest BCUT2D eigenvalue weighted by Crippen LogP contribution is 2.32. The van der Waals surface area contributed by atoms with E-state index in [1.165, 1.54) is 47.4 Å². The molecule has 1 aliphatic rings. The quantitative estimate of drug-likeness (QED) is 0.833. The molecular weight excluding hydrogens is 335 g/mol. The van der Waals surface area contributed by atoms with Crippen molar-refractivity contribution in [1.82, 2.24) is 5.32 Å². The Labute approximate surface area is 138 Å². The maximum atomic E-state index is 13.5. The SMILES string of the molecule is O=C1NCCCN1c1ccc(S(=O)(=O)O)c(-c2cccc(F)c2)c1. The van der Waals surface area contributed by atoms with Crippen molar-refractivity contribution < 1.29 is 22.2 Å². The van der Waals surface area contributed by atoms with Crippen LogP contribution in [-0.4, -0.2) is 32.1 Å². The van der Waals surface area contributed by atoms with Gasteiger partial charge in [-0.15, -0.1) is 0 Å². The van der Waals surface area contributed by atoms with Crippen LogP contribution in [0.5, 0.6) is 0 Å². The third-order valence-corrected chi connectivity index (χ3v) is 4.68. The predicted molar refractivity (Wildman–Crippen MR) is 87.0 cm³/mol. The van der Waals surface area contributed by atoms with Gasteiger partial charge in [0.15, 0.2) is 0 Å². The minimum Gasteiger partial charge on any atom is -0.338 e. The summed E-state index contributed by atoms with van der Waals surface area (Å²) >= 11 is 0. The van der Waals surface area contributed by atoms with E-state index < -0.39 is 15.9 Å². The van der Waals surface area contributed by atoms with E-state index in [9.17, 15) is 22.2 Å². The van der Waals surface area contributed by atoms with Crippen molar-refractivity contribution in [2.75, 3.05) is 18.0 Å². The van der Waals surface area contributed by atoms with Crippen molar-refractivity contribution in [3.05, 3.63) is 48.3 Å². The van der Waals surface area contributed by atoms with Crippen LogP contribution in [0.2, 0.25) is 0 Å². The summed E-state index contributed by atoms with van der Waals surface area (Å²) in [5, 5.41) is 2.70. The van der Waals surface area contributed by atoms with Crippen molar-refractivity contribution >= 4 is 21.8 Å². The Morgan fingerprint density at radius 3 is 2.62 bits per heavy atom. The Balaban J connectivity index is 2.16. The van der Waals surface area contributed by atoms with E-state index in [0.717, 1.165) is 6.42 Å². The largest absolute Gasteiger partial charge is 0.338 e. The number of halogens is 1. The van der Waals surface area contributed by atoms with Crippen LogP contribution in [0.3, 0.4) is 0 Å². The number of benzene rings is 2. The molecule has 126 valence electrons. The summed E-state index contributed by atoms with van der Waals surface area (Å²) in [4.78, 5) is 13.1. The van der Waals surface area contributed by atoms with E-state index in [4.69, 9.17) is 0 Å². The second kappa shape index (κ2) is 6.21. The average Bonchev–Trinajstić information content (AvgIpc) is 2.54. The molecule has 0 bridgehead atoms. The van der Waals surface area contributed by atoms with Crippen molar-refractivity contribution in [1.29, 1.82) is 0 Å². The molecule has 2 aromatic rings. The van der Waals surface area contributed by atoms with Gasteiger partial charge in [-0.3, -0.25) is 9.45 Å². The number of hydrogen-bond acceptors (Lipinski definition) is 3. The van der Waals surface area contributed by atoms with E-state index in [1.807, 2.05) is 0 Å². The number of carbonyl (C=O) groups excluding carboxylic acids is 1. The predicted octanol–water partition coefficient (Wildman–Crippen LogP) is 2.66. The number of carbonyl (C=O) groups is 1. The minimum atomic E-state index is -4.50. The standard InChI is InChI=1S/C16H15FN2O4S/c17-12-4-1-3-11(9-12)14-10-13(5-6-15(14)24(21,22)23)19-8-2-7-18-16(19)20/h1,3-6,9-10H,2,7-8H2,(H,18,20)(H,21,22,23). The van der Waals surface area contributed by atoms with Crippen LogP contribution in [0, 0.1) is 5.82 Å². The van der Waals surface area contributed by atoms with Gasteiger partial charge in [0.2, 0.25) is 0 Å². The highest BCUT2D eigenvalue weighted by atomic mass is 32.2. The number of nitrogens with one attached hydrogen (secondary N) is 1. The second-order valence-electron chi connectivity index (χ2n) is 5.40. The normalized spacial score (nSPS) is 15.2. The lowest BCUT2D eigenvalue weighted by atomic mass is 10.0. The average molecular weight is 350 g/mol. The summed E-state index contributed by atoms with van der Waals surface area (Å²) in [7, 11) is -4.50. The fourth-order valence-corrected chi connectivity index (χ4v) is 3.36. The Bertz CT molecular complexity index is 899. The van der Waals surface area contributed by atoms with Crippen molar-refractivity contribution in [3.8, 4) is 11.1 Å². The number of anilines is 1. The molecule has 0 radical (unpaired) electrons. The molecule has 1 heterocycles. The first-order valence-electron chi connectivity index (χ1n) is 7.29. The molecular formula is C16H15FN2O4S. The van der Waals surface area contributed by atoms with Crippen LogP contribution >= 0.6 is 0 Å². The summed E-state index contributed by atoms with van der Waals surface area (Å²) in [6.45, 7) is 1.06. The Morgan fingerprint density at radius 1 is 1.17 bits per heavy atom. The molecule has 3 rings (SSSR count). The van der Waals surface area contributed by atoms with Crippen LogP contribution in [0.4, 0.5) is 14.9 Å². The van der Waals surface area contributed by atoms with Gasteiger partial charge < -0.3 is 5.32 Å². The molecule has 1 aliphatic heterocycles. The number of nitrogens with zero attached hydrogens (tertiary/aromatic N) is 1. The highest BCUT2D eigenvalue weighted by molar-refractivity contribution is 7.86. The molecule has 0 atom stereocenters. The summed E-state index contributed by atoms with van der Waals surface area (Å²) in [5.74, 6) is -0.532. The maximum Gasteiger partial charge on any atom is 0.321 e. The summed E-state index contributed by atoms with van der Waals surface area (Å²) in [5.41, 5.74) is 0.897. The van der Waals surface area contributed by atoms with E-state index in [2.05, 4.69) is 5.32 Å². The van der Waals surface area contributed by atoms with E-state index in [0.29, 0.717) is 24.3 Å². The highest BCUT2D eigenvalue weighted by Gasteiger charge is 2.23. The van der Waals surface area contributed by atoms with Gasteiger partial charge in [-0.2, -0.15) is 8.42 Å². The van der Waals surface area contributed by atoms with E-state index in [-0.39, 0.29) is 16.5 Å². The molecule has 2 aromatic carbocycles. The van der Waals surface area contributed by atoms with Crippen molar-refractivity contribution in [2.24, 2.45) is 0 Å². The number of hydrogen-bond donors (Lipinski definition) is 2. The molecule has 2 amide bonds. The number of rotatable bonds is 3. The van der Waals surface area contributed by atoms with Crippen molar-refractivity contribution in [2.45, 2.75) is 11.3 Å². The lowest BCUT2D eigenvalue weighted by Crippen LogP contribution is -2.46. The molecule has 8 heteroatoms. The van der Waals surface area contributed by atoms with Gasteiger partial charge in [0.05, 0.1) is 0 Å². The van der Waals surface area contributed by atoms with Gasteiger partial charge >= 0.3 is 6.03 Å². The molecule has 1 fully saturated rings. The molecule has 6 nitrogen and oxygen atoms in total. The third kappa shape index (κ3) is 3.24. The first-order chi connectivity index (χ1) is 11.4. The Kier molecular flexibility index (Phi) is 4.25. The molecule has 2 N–H and O–H groups in total. The minimum absolute atomic E-state index is 0.132. The molecule has 0 saturated carbocycles. The van der Waals surface area contributed by atoms with Crippen LogP contribution in [0.15, 0.2) is 47.4 Å². The fourth-order valence-electron chi connectivity index (χ4n) is 2.67. The van der Waals surface area contributed by atoms with Crippen LogP contribution in [0.1, 0.15) is 6.42 Å². The van der Waals surface area contributed by atoms with E-state index in [1.54, 1.807) is 0 Å². The topological polar surface area (TPSA) is 86.7 Å². The zero-order chi connectivity index (χ0) is 17.3. The molecule has 0 aromatic heterocycles. The van der Waals surface area contributed by atoms with E-state index >= 15 is 0 Å². The Morgan fingerprint density at radius 2 is 1.96 bits per heavy atom. The van der Waals surface area contributed by atoms with Gasteiger partial charge in [-0.1, -0.05) is 12.1 Å². The maximum absolute atomic E-state index is 13.5. The summed E-state index contributed by atoms with van der Waals surface area (Å²) in [6.07, 6.45) is 0.751. The van der Waals surface area contributed by atoms with Gasteiger partial charge in [0, 0.05) is 24.3 Å². The van der Waals surface area contributed by atoms with Gasteiger partial charge in [-0.05, 0) is 42.3 Å². The smallest absolute Gasteiger partial charge is 0.321 e. The lowest BCUT2D eigenvalue weighted by Gasteiger charge is -2.28. The van der Waals surface area contributed by atoms with Gasteiger partial charge in [0.25, 0.3) is 10.1 Å². The number of urea groups is 1. The van der Waals surface area contributed by atoms with Gasteiger partial charge in [0.1, 0.15) is 10.7 Å². The first kappa shape index (κ1) is 16.4. The van der Waals surface area contributed by atoms with Gasteiger partial charge in [-0.25, -0.2) is 9.18 Å². The zero-order valence-corrected chi connectivity index (χ0v) is 13.4. The molecule has 0 aliphatic carbocycles. The van der Waals surface area contributed by atoms with Crippen LogP contribution in [-0.2, 0) is 10.1 Å². The van der Waals surface area contributed by atoms with Crippen LogP contribution in [0.25, 0.3) is 11.1 Å². The Hall–Kier alpha value is -2.45. The lowest BCUT2D eigenvalue weighted by molar-refractivity contribution is 0.243. The molecule has 24 heavy (non-hydrogen) atoms. The third-order valence-electron chi connectivity index (χ3n) is 3.77. The molecule has 0 unspecified atom stereocenters. The fraction of sp³-hybridized carbons (Fsp3) is 0.188. The van der Waals surface area contributed by atoms with Crippen LogP contribution < -0.4 is 10.2 Å². The summed E-state index contributed by atoms with van der Waals surface area (Å²) in [6, 6.07) is 9.21. The number of amides is 2. The monoisotopic (exact) mass is 350 g/mol. The molecule has 0 spiro atoms. The zero-order valence-electron chi connectivity index (χ0n) is 12.6. The second-order valence-corrected chi connectivity index (χ2v) is 6.79. The molecule has 1 saturated heterocycles. The summed E-state index contributed by atoms with van der Waals surface area (Å²) < 4.78 is 46.2. The first-order valence-corrected chi connectivity index (χ1v) is 8.73.